The topological polar surface area (TPSA) is 130 Å². The summed E-state index contributed by atoms with van der Waals surface area (Å²) >= 11 is 6.50. The molecule has 2 amide bonds. The zero-order valence-electron chi connectivity index (χ0n) is 24.7. The van der Waals surface area contributed by atoms with Crippen LogP contribution in [0.2, 0.25) is 0 Å². The van der Waals surface area contributed by atoms with Crippen LogP contribution in [-0.2, 0) is 14.2 Å². The number of amides is 2. The molecule has 1 fully saturated rings. The maximum Gasteiger partial charge on any atom is 0.319 e. The van der Waals surface area contributed by atoms with Crippen molar-refractivity contribution in [2.24, 2.45) is 20.7 Å². The van der Waals surface area contributed by atoms with Crippen LogP contribution in [0.4, 0.5) is 10.5 Å². The fourth-order valence-corrected chi connectivity index (χ4v) is 4.11. The van der Waals surface area contributed by atoms with E-state index in [1.54, 1.807) is 51.1 Å². The number of carbonyl (C=O) groups is 1. The van der Waals surface area contributed by atoms with Crippen molar-refractivity contribution in [3.8, 4) is 12.8 Å². The quantitative estimate of drug-likeness (QED) is 0.291. The standard InChI is InChI=1S/C27H37ClN8O4.C2H2/c1-19(40-22-11-12-23(38-4)24(39-5)17-21(22)28)32-26(35-13-15-36(16-14-35)27(37)34(2)3)31-18-30-25(29)33-20-9-7-6-8-10-20;1-2/h6-10,12,17H,11,13-16,18H2,1-5H3,(H3,29,30,33);1-2H/b31-26+,32-19+;. The van der Waals surface area contributed by atoms with E-state index in [1.807, 2.05) is 41.3 Å². The van der Waals surface area contributed by atoms with Crippen molar-refractivity contribution in [1.82, 2.24) is 14.7 Å². The van der Waals surface area contributed by atoms with Crippen LogP contribution in [0.1, 0.15) is 13.3 Å². The molecule has 226 valence electrons. The fraction of sp³-hybridized carbons (Fsp3) is 0.379. The van der Waals surface area contributed by atoms with Gasteiger partial charge in [-0.2, -0.15) is 4.99 Å². The van der Waals surface area contributed by atoms with Crippen molar-refractivity contribution < 1.29 is 19.0 Å². The van der Waals surface area contributed by atoms with Gasteiger partial charge in [-0.25, -0.2) is 14.8 Å². The number of anilines is 1. The zero-order chi connectivity index (χ0) is 31.1. The predicted octanol–water partition coefficient (Wildman–Crippen LogP) is 3.63. The van der Waals surface area contributed by atoms with Gasteiger partial charge in [0.05, 0.1) is 19.3 Å². The van der Waals surface area contributed by atoms with Crippen molar-refractivity contribution in [2.45, 2.75) is 13.3 Å². The summed E-state index contributed by atoms with van der Waals surface area (Å²) in [5, 5.41) is 3.40. The van der Waals surface area contributed by atoms with Crippen molar-refractivity contribution in [1.29, 1.82) is 0 Å². The Kier molecular flexibility index (Phi) is 13.8. The Morgan fingerprint density at radius 2 is 1.67 bits per heavy atom. The molecule has 1 heterocycles. The molecule has 0 atom stereocenters. The number of aliphatic imine (C=N–C) groups is 3. The number of para-hydroxylation sites is 1. The number of urea groups is 1. The second-order valence-corrected chi connectivity index (χ2v) is 9.39. The highest BCUT2D eigenvalue weighted by molar-refractivity contribution is 6.31. The summed E-state index contributed by atoms with van der Waals surface area (Å²) in [5.74, 6) is 2.51. The molecule has 3 N–H and O–H groups in total. The highest BCUT2D eigenvalue weighted by Gasteiger charge is 2.24. The summed E-state index contributed by atoms with van der Waals surface area (Å²) in [6.07, 6.45) is 11.8. The smallest absolute Gasteiger partial charge is 0.319 e. The number of methoxy groups -OCH3 is 2. The van der Waals surface area contributed by atoms with Gasteiger partial charge in [0.1, 0.15) is 12.4 Å². The van der Waals surface area contributed by atoms with E-state index in [4.69, 9.17) is 31.5 Å². The van der Waals surface area contributed by atoms with E-state index < -0.39 is 0 Å². The minimum atomic E-state index is -0.0348. The molecule has 3 rings (SSSR count). The monoisotopic (exact) mass is 598 g/mol. The number of piperazine rings is 1. The predicted molar refractivity (Wildman–Crippen MR) is 168 cm³/mol. The van der Waals surface area contributed by atoms with Gasteiger partial charge >= 0.3 is 6.03 Å². The van der Waals surface area contributed by atoms with Crippen LogP contribution in [0.15, 0.2) is 79.8 Å². The van der Waals surface area contributed by atoms with Crippen molar-refractivity contribution in [3.63, 3.8) is 0 Å². The number of nitrogens with two attached hydrogens (primary N) is 1. The highest BCUT2D eigenvalue weighted by Crippen LogP contribution is 2.27. The minimum Gasteiger partial charge on any atom is -0.493 e. The number of hydrogen-bond acceptors (Lipinski definition) is 6. The number of ether oxygens (including phenoxy) is 3. The average molecular weight is 599 g/mol. The van der Waals surface area contributed by atoms with Crippen molar-refractivity contribution in [3.05, 3.63) is 64.8 Å². The largest absolute Gasteiger partial charge is 0.493 e. The Balaban J connectivity index is 0.00000301. The maximum absolute atomic E-state index is 12.4. The molecule has 1 saturated heterocycles. The third-order valence-corrected chi connectivity index (χ3v) is 6.24. The molecule has 42 heavy (non-hydrogen) atoms. The molecular formula is C29H39ClN8O4. The molecule has 0 unspecified atom stereocenters. The van der Waals surface area contributed by atoms with Gasteiger partial charge in [-0.1, -0.05) is 29.8 Å². The second kappa shape index (κ2) is 17.2. The third-order valence-electron chi connectivity index (χ3n) is 5.92. The van der Waals surface area contributed by atoms with Crippen LogP contribution in [-0.4, -0.2) is 99.7 Å². The molecular weight excluding hydrogens is 560 g/mol. The van der Waals surface area contributed by atoms with Crippen LogP contribution < -0.4 is 11.1 Å². The number of hydrogen-bond donors (Lipinski definition) is 2. The van der Waals surface area contributed by atoms with E-state index in [0.717, 1.165) is 5.69 Å². The summed E-state index contributed by atoms with van der Waals surface area (Å²) in [7, 11) is 6.58. The van der Waals surface area contributed by atoms with E-state index >= 15 is 0 Å². The molecule has 0 bridgehead atoms. The molecule has 0 saturated carbocycles. The number of allylic oxidation sites excluding steroid dienone is 3. The zero-order valence-corrected chi connectivity index (χ0v) is 25.5. The lowest BCUT2D eigenvalue weighted by Crippen LogP contribution is -2.52. The Morgan fingerprint density at radius 3 is 2.26 bits per heavy atom. The number of guanidine groups is 2. The first-order chi connectivity index (χ1) is 20.2. The molecule has 2 aliphatic rings. The number of nitrogens with zero attached hydrogens (tertiary/aromatic N) is 6. The summed E-state index contributed by atoms with van der Waals surface area (Å²) in [4.78, 5) is 31.3. The van der Waals surface area contributed by atoms with Crippen LogP contribution in [0.25, 0.3) is 0 Å². The third kappa shape index (κ3) is 10.1. The number of carbonyl (C=O) groups excluding carboxylic acids is 1. The number of benzene rings is 1. The molecule has 0 aromatic heterocycles. The van der Waals surface area contributed by atoms with Crippen LogP contribution >= 0.6 is 11.6 Å². The molecule has 1 aromatic carbocycles. The summed E-state index contributed by atoms with van der Waals surface area (Å²) < 4.78 is 16.8. The van der Waals surface area contributed by atoms with E-state index in [0.29, 0.717) is 66.8 Å². The lowest BCUT2D eigenvalue weighted by molar-refractivity contribution is 0.146. The number of terminal acetylenes is 1. The molecule has 12 nitrogen and oxygen atoms in total. The molecule has 1 aliphatic heterocycles. The van der Waals surface area contributed by atoms with Gasteiger partial charge in [0.25, 0.3) is 0 Å². The molecule has 13 heteroatoms. The van der Waals surface area contributed by atoms with Gasteiger partial charge in [0.2, 0.25) is 5.96 Å². The first-order valence-electron chi connectivity index (χ1n) is 13.0. The van der Waals surface area contributed by atoms with Crippen LogP contribution in [0.3, 0.4) is 0 Å². The summed E-state index contributed by atoms with van der Waals surface area (Å²) in [6.45, 7) is 3.90. The van der Waals surface area contributed by atoms with E-state index in [2.05, 4.69) is 33.1 Å². The molecule has 1 aliphatic carbocycles. The lowest BCUT2D eigenvalue weighted by Gasteiger charge is -2.36. The van der Waals surface area contributed by atoms with E-state index in [-0.39, 0.29) is 18.7 Å². The Morgan fingerprint density at radius 1 is 1.05 bits per heavy atom. The maximum atomic E-state index is 12.4. The van der Waals surface area contributed by atoms with Gasteiger partial charge in [-0.05, 0) is 18.2 Å². The van der Waals surface area contributed by atoms with Gasteiger partial charge in [0.15, 0.2) is 23.4 Å². The minimum absolute atomic E-state index is 0.0348. The van der Waals surface area contributed by atoms with E-state index in [1.165, 1.54) is 0 Å². The number of nitrogens with one attached hydrogen (secondary N) is 1. The Labute approximate surface area is 252 Å². The Bertz CT molecular complexity index is 1260. The van der Waals surface area contributed by atoms with Gasteiger partial charge < -0.3 is 40.0 Å². The number of halogens is 1. The SMILES string of the molecule is C#C.COC1=CCC(O/C(C)=N/C(=N\C/N=C(/N)Nc2ccccc2)N2CCN(C(=O)N(C)C)CC2)=C(Cl)C=C1OC. The average Bonchev–Trinajstić information content (AvgIpc) is 3.15. The van der Waals surface area contributed by atoms with Crippen molar-refractivity contribution >= 4 is 41.1 Å². The summed E-state index contributed by atoms with van der Waals surface area (Å²) in [5.41, 5.74) is 6.87. The van der Waals surface area contributed by atoms with E-state index in [9.17, 15) is 4.79 Å². The van der Waals surface area contributed by atoms with Crippen LogP contribution in [0, 0.1) is 12.8 Å². The fourth-order valence-electron chi connectivity index (χ4n) is 3.90. The molecule has 0 radical (unpaired) electrons. The first-order valence-corrected chi connectivity index (χ1v) is 13.4. The molecule has 0 spiro atoms. The first kappa shape index (κ1) is 33.6. The summed E-state index contributed by atoms with van der Waals surface area (Å²) in [6, 6.07) is 9.46. The Hall–Kier alpha value is -4.63. The van der Waals surface area contributed by atoms with Gasteiger partial charge in [-0.15, -0.1) is 12.8 Å². The van der Waals surface area contributed by atoms with Gasteiger partial charge in [-0.3, -0.25) is 0 Å². The second-order valence-electron chi connectivity index (χ2n) is 8.98. The van der Waals surface area contributed by atoms with Crippen LogP contribution in [0.5, 0.6) is 0 Å². The highest BCUT2D eigenvalue weighted by atomic mass is 35.5. The number of rotatable bonds is 6. The van der Waals surface area contributed by atoms with Crippen molar-refractivity contribution in [2.75, 3.05) is 66.5 Å². The normalized spacial score (nSPS) is 16.3. The van der Waals surface area contributed by atoms with Gasteiger partial charge in [0, 0.05) is 65.4 Å². The lowest BCUT2D eigenvalue weighted by atomic mass is 10.3. The molecule has 1 aromatic rings.